The van der Waals surface area contributed by atoms with Gasteiger partial charge in [0.05, 0.1) is 37.9 Å². The van der Waals surface area contributed by atoms with Crippen LogP contribution in [0.1, 0.15) is 30.0 Å². The van der Waals surface area contributed by atoms with Crippen molar-refractivity contribution in [3.05, 3.63) is 35.4 Å². The zero-order valence-electron chi connectivity index (χ0n) is 13.1. The van der Waals surface area contributed by atoms with E-state index in [0.29, 0.717) is 0 Å². The first-order valence-corrected chi connectivity index (χ1v) is 8.19. The van der Waals surface area contributed by atoms with Crippen LogP contribution in [0.2, 0.25) is 0 Å². The van der Waals surface area contributed by atoms with E-state index in [1.54, 1.807) is 0 Å². The lowest BCUT2D eigenvalue weighted by Gasteiger charge is -2.32. The van der Waals surface area contributed by atoms with Crippen molar-refractivity contribution in [1.29, 1.82) is 0 Å². The highest BCUT2D eigenvalue weighted by atomic mass is 16.5. The number of hydrogen-bond donors (Lipinski definition) is 4. The summed E-state index contributed by atoms with van der Waals surface area (Å²) in [6.07, 6.45) is 1.25. The molecule has 1 heterocycles. The first-order chi connectivity index (χ1) is 11.1. The van der Waals surface area contributed by atoms with Gasteiger partial charge in [0.25, 0.3) is 0 Å². The number of fused-ring (bicyclic) bond motifs is 1. The number of ether oxygens (including phenoxy) is 1. The van der Waals surface area contributed by atoms with Crippen LogP contribution in [0.3, 0.4) is 0 Å². The van der Waals surface area contributed by atoms with Gasteiger partial charge in [-0.15, -0.1) is 0 Å². The summed E-state index contributed by atoms with van der Waals surface area (Å²) >= 11 is 0. The van der Waals surface area contributed by atoms with Gasteiger partial charge in [-0.25, -0.2) is 0 Å². The summed E-state index contributed by atoms with van der Waals surface area (Å²) in [4.78, 5) is 12.2. The zero-order chi connectivity index (χ0) is 16.2. The second kappa shape index (κ2) is 7.40. The highest BCUT2D eigenvalue weighted by Gasteiger charge is 2.31. The third kappa shape index (κ3) is 3.90. The fourth-order valence-corrected chi connectivity index (χ4v) is 3.33. The molecule has 1 fully saturated rings. The van der Waals surface area contributed by atoms with Crippen LogP contribution < -0.4 is 10.6 Å². The fraction of sp³-hybridized carbons (Fsp3) is 0.588. The minimum absolute atomic E-state index is 0.0485. The number of nitrogens with one attached hydrogen (secondary N) is 2. The summed E-state index contributed by atoms with van der Waals surface area (Å²) in [6.45, 7) is 0.513. The molecule has 1 saturated heterocycles. The van der Waals surface area contributed by atoms with Crippen molar-refractivity contribution >= 4 is 5.91 Å². The molecule has 0 aromatic heterocycles. The Morgan fingerprint density at radius 3 is 2.96 bits per heavy atom. The van der Waals surface area contributed by atoms with Crippen molar-refractivity contribution in [3.63, 3.8) is 0 Å². The molecule has 1 aromatic rings. The molecule has 23 heavy (non-hydrogen) atoms. The first kappa shape index (κ1) is 16.4. The number of amides is 1. The molecule has 1 aliphatic heterocycles. The minimum Gasteiger partial charge on any atom is -0.389 e. The SMILES string of the molecule is O=C(CN[C@@H]1COC[C@@H](O)[C@H]1O)NC1CCCc2ccccc21. The van der Waals surface area contributed by atoms with Crippen LogP contribution in [0.15, 0.2) is 24.3 Å². The molecule has 1 aliphatic carbocycles. The molecular weight excluding hydrogens is 296 g/mol. The van der Waals surface area contributed by atoms with E-state index in [4.69, 9.17) is 4.74 Å². The molecule has 4 atom stereocenters. The molecule has 0 bridgehead atoms. The van der Waals surface area contributed by atoms with E-state index >= 15 is 0 Å². The van der Waals surface area contributed by atoms with E-state index < -0.39 is 18.2 Å². The van der Waals surface area contributed by atoms with Crippen molar-refractivity contribution in [2.45, 2.75) is 43.6 Å². The van der Waals surface area contributed by atoms with Crippen LogP contribution >= 0.6 is 0 Å². The number of aryl methyl sites for hydroxylation is 1. The maximum Gasteiger partial charge on any atom is 0.234 e. The molecular formula is C17H24N2O4. The van der Waals surface area contributed by atoms with E-state index in [2.05, 4.69) is 22.8 Å². The summed E-state index contributed by atoms with van der Waals surface area (Å²) in [6, 6.07) is 7.83. The van der Waals surface area contributed by atoms with Gasteiger partial charge < -0.3 is 25.6 Å². The van der Waals surface area contributed by atoms with Gasteiger partial charge in [-0.05, 0) is 30.4 Å². The van der Waals surface area contributed by atoms with Gasteiger partial charge in [0.1, 0.15) is 6.10 Å². The van der Waals surface area contributed by atoms with Gasteiger partial charge in [0.2, 0.25) is 5.91 Å². The summed E-state index contributed by atoms with van der Waals surface area (Å²) < 4.78 is 5.19. The standard InChI is InChI=1S/C17H24N2O4/c20-15-10-23-9-14(17(15)22)18-8-16(21)19-13-7-3-5-11-4-1-2-6-12(11)13/h1-2,4,6,13-15,17-18,20,22H,3,5,7-10H2,(H,19,21)/t13?,14-,15-,17+/m1/s1. The van der Waals surface area contributed by atoms with Crippen LogP contribution in [-0.2, 0) is 16.0 Å². The Morgan fingerprint density at radius 2 is 2.09 bits per heavy atom. The highest BCUT2D eigenvalue weighted by molar-refractivity contribution is 5.78. The van der Waals surface area contributed by atoms with E-state index in [-0.39, 0.29) is 31.7 Å². The minimum atomic E-state index is -0.910. The topological polar surface area (TPSA) is 90.8 Å². The Bertz CT molecular complexity index is 551. The number of aliphatic hydroxyl groups is 2. The van der Waals surface area contributed by atoms with Gasteiger partial charge in [0, 0.05) is 0 Å². The number of hydrogen-bond acceptors (Lipinski definition) is 5. The Kier molecular flexibility index (Phi) is 5.27. The third-order valence-corrected chi connectivity index (χ3v) is 4.62. The maximum atomic E-state index is 12.2. The Morgan fingerprint density at radius 1 is 1.26 bits per heavy atom. The molecule has 6 nitrogen and oxygen atoms in total. The smallest absolute Gasteiger partial charge is 0.234 e. The number of aliphatic hydroxyl groups excluding tert-OH is 2. The van der Waals surface area contributed by atoms with Gasteiger partial charge in [-0.2, -0.15) is 0 Å². The third-order valence-electron chi connectivity index (χ3n) is 4.62. The van der Waals surface area contributed by atoms with Gasteiger partial charge in [-0.1, -0.05) is 24.3 Å². The average Bonchev–Trinajstić information content (AvgIpc) is 2.56. The first-order valence-electron chi connectivity index (χ1n) is 8.19. The van der Waals surface area contributed by atoms with E-state index in [0.717, 1.165) is 19.3 Å². The van der Waals surface area contributed by atoms with Crippen LogP contribution in [0, 0.1) is 0 Å². The van der Waals surface area contributed by atoms with Crippen LogP contribution in [-0.4, -0.2) is 54.1 Å². The summed E-state index contributed by atoms with van der Waals surface area (Å²) in [5, 5.41) is 25.5. The second-order valence-corrected chi connectivity index (χ2v) is 6.29. The molecule has 0 radical (unpaired) electrons. The Hall–Kier alpha value is -1.47. The highest BCUT2D eigenvalue weighted by Crippen LogP contribution is 2.29. The molecule has 1 aromatic carbocycles. The summed E-state index contributed by atoms with van der Waals surface area (Å²) in [7, 11) is 0. The second-order valence-electron chi connectivity index (χ2n) is 6.29. The monoisotopic (exact) mass is 320 g/mol. The number of carbonyl (C=O) groups excluding carboxylic acids is 1. The van der Waals surface area contributed by atoms with Crippen molar-refractivity contribution < 1.29 is 19.7 Å². The van der Waals surface area contributed by atoms with Crippen LogP contribution in [0.5, 0.6) is 0 Å². The molecule has 126 valence electrons. The number of carbonyl (C=O) groups is 1. The molecule has 0 saturated carbocycles. The molecule has 3 rings (SSSR count). The average molecular weight is 320 g/mol. The molecule has 1 unspecified atom stereocenters. The van der Waals surface area contributed by atoms with Gasteiger partial charge >= 0.3 is 0 Å². The van der Waals surface area contributed by atoms with Gasteiger partial charge in [0.15, 0.2) is 0 Å². The lowest BCUT2D eigenvalue weighted by molar-refractivity contribution is -0.123. The summed E-state index contributed by atoms with van der Waals surface area (Å²) in [5.74, 6) is -0.112. The molecule has 0 spiro atoms. The zero-order valence-corrected chi connectivity index (χ0v) is 13.1. The van der Waals surface area contributed by atoms with E-state index in [1.165, 1.54) is 11.1 Å². The number of benzene rings is 1. The quantitative estimate of drug-likeness (QED) is 0.621. The fourth-order valence-electron chi connectivity index (χ4n) is 3.33. The Labute approximate surface area is 135 Å². The molecule has 6 heteroatoms. The van der Waals surface area contributed by atoms with Crippen molar-refractivity contribution in [3.8, 4) is 0 Å². The van der Waals surface area contributed by atoms with Gasteiger partial charge in [-0.3, -0.25) is 4.79 Å². The summed E-state index contributed by atoms with van der Waals surface area (Å²) in [5.41, 5.74) is 2.50. The van der Waals surface area contributed by atoms with E-state index in [1.807, 2.05) is 12.1 Å². The van der Waals surface area contributed by atoms with Crippen LogP contribution in [0.25, 0.3) is 0 Å². The van der Waals surface area contributed by atoms with Crippen molar-refractivity contribution in [2.75, 3.05) is 19.8 Å². The lowest BCUT2D eigenvalue weighted by Crippen LogP contribution is -2.56. The number of rotatable bonds is 4. The normalized spacial score (nSPS) is 30.5. The lowest BCUT2D eigenvalue weighted by atomic mass is 9.88. The van der Waals surface area contributed by atoms with E-state index in [9.17, 15) is 15.0 Å². The predicted molar refractivity (Wildman–Crippen MR) is 84.9 cm³/mol. The molecule has 2 aliphatic rings. The molecule has 4 N–H and O–H groups in total. The van der Waals surface area contributed by atoms with Crippen molar-refractivity contribution in [1.82, 2.24) is 10.6 Å². The van der Waals surface area contributed by atoms with Crippen molar-refractivity contribution in [2.24, 2.45) is 0 Å². The Balaban J connectivity index is 1.52. The molecule has 1 amide bonds. The largest absolute Gasteiger partial charge is 0.389 e. The van der Waals surface area contributed by atoms with Crippen LogP contribution in [0.4, 0.5) is 0 Å². The predicted octanol–water partition coefficient (Wildman–Crippen LogP) is -0.110. The maximum absolute atomic E-state index is 12.2.